The number of aliphatic carboxylic acids is 1. The van der Waals surface area contributed by atoms with E-state index in [2.05, 4.69) is 19.2 Å². The lowest BCUT2D eigenvalue weighted by molar-refractivity contribution is -0.154. The van der Waals surface area contributed by atoms with Gasteiger partial charge in [0.1, 0.15) is 6.04 Å². The van der Waals surface area contributed by atoms with Crippen LogP contribution in [0.4, 0.5) is 0 Å². The molecule has 2 aliphatic heterocycles. The number of carbonyl (C=O) groups is 2. The van der Waals surface area contributed by atoms with Crippen LogP contribution in [0, 0.1) is 11.8 Å². The fraction of sp³-hybridized carbons (Fsp3) is 0.867. The Bertz CT molecular complexity index is 372. The van der Waals surface area contributed by atoms with Gasteiger partial charge in [0.2, 0.25) is 5.91 Å². The van der Waals surface area contributed by atoms with Crippen molar-refractivity contribution in [2.24, 2.45) is 11.8 Å². The largest absolute Gasteiger partial charge is 0.480 e. The molecule has 2 heterocycles. The molecule has 0 spiro atoms. The molecule has 4 atom stereocenters. The average Bonchev–Trinajstić information content (AvgIpc) is 2.45. The first kappa shape index (κ1) is 15.3. The Morgan fingerprint density at radius 1 is 1.30 bits per heavy atom. The highest BCUT2D eigenvalue weighted by Crippen LogP contribution is 2.27. The summed E-state index contributed by atoms with van der Waals surface area (Å²) in [4.78, 5) is 25.7. The summed E-state index contributed by atoms with van der Waals surface area (Å²) in [5.74, 6) is 0.0823. The third kappa shape index (κ3) is 3.32. The van der Waals surface area contributed by atoms with Crippen LogP contribution in [-0.4, -0.2) is 47.1 Å². The van der Waals surface area contributed by atoms with Crippen molar-refractivity contribution in [2.75, 3.05) is 13.1 Å². The molecule has 5 heteroatoms. The number of hydrogen-bond donors (Lipinski definition) is 2. The van der Waals surface area contributed by atoms with Gasteiger partial charge in [-0.2, -0.15) is 0 Å². The first-order valence-corrected chi connectivity index (χ1v) is 7.79. The zero-order valence-corrected chi connectivity index (χ0v) is 12.5. The first-order valence-electron chi connectivity index (χ1n) is 7.79. The molecular formula is C15H26N2O3. The normalized spacial score (nSPS) is 34.8. The van der Waals surface area contributed by atoms with Gasteiger partial charge in [-0.05, 0) is 44.1 Å². The lowest BCUT2D eigenvalue weighted by Crippen LogP contribution is -2.57. The van der Waals surface area contributed by atoms with E-state index in [1.165, 1.54) is 0 Å². The van der Waals surface area contributed by atoms with Crippen LogP contribution >= 0.6 is 0 Å². The van der Waals surface area contributed by atoms with E-state index in [0.29, 0.717) is 24.8 Å². The Morgan fingerprint density at radius 2 is 2.05 bits per heavy atom. The van der Waals surface area contributed by atoms with Gasteiger partial charge in [0.25, 0.3) is 0 Å². The van der Waals surface area contributed by atoms with Gasteiger partial charge in [-0.3, -0.25) is 4.79 Å². The Hall–Kier alpha value is -1.10. The maximum Gasteiger partial charge on any atom is 0.326 e. The molecule has 0 aliphatic carbocycles. The summed E-state index contributed by atoms with van der Waals surface area (Å²) in [7, 11) is 0. The second-order valence-electron chi connectivity index (χ2n) is 6.32. The van der Waals surface area contributed by atoms with Gasteiger partial charge >= 0.3 is 5.97 Å². The van der Waals surface area contributed by atoms with Gasteiger partial charge in [0, 0.05) is 6.54 Å². The third-order valence-corrected chi connectivity index (χ3v) is 4.82. The van der Waals surface area contributed by atoms with Crippen LogP contribution in [-0.2, 0) is 9.59 Å². The zero-order valence-electron chi connectivity index (χ0n) is 12.5. The van der Waals surface area contributed by atoms with Crippen molar-refractivity contribution in [3.63, 3.8) is 0 Å². The summed E-state index contributed by atoms with van der Waals surface area (Å²) >= 11 is 0. The highest BCUT2D eigenvalue weighted by Gasteiger charge is 2.38. The molecule has 2 saturated heterocycles. The van der Waals surface area contributed by atoms with Crippen LogP contribution in [0.3, 0.4) is 0 Å². The molecule has 0 aromatic rings. The Labute approximate surface area is 120 Å². The fourth-order valence-corrected chi connectivity index (χ4v) is 3.40. The molecular weight excluding hydrogens is 256 g/mol. The summed E-state index contributed by atoms with van der Waals surface area (Å²) in [6, 6.07) is -0.834. The van der Waals surface area contributed by atoms with Gasteiger partial charge in [0.15, 0.2) is 0 Å². The van der Waals surface area contributed by atoms with Crippen molar-refractivity contribution in [1.29, 1.82) is 0 Å². The molecule has 114 valence electrons. The number of nitrogens with one attached hydrogen (secondary N) is 1. The van der Waals surface area contributed by atoms with Crippen molar-refractivity contribution >= 4 is 11.9 Å². The van der Waals surface area contributed by atoms with E-state index in [9.17, 15) is 14.7 Å². The number of piperidine rings is 2. The van der Waals surface area contributed by atoms with E-state index in [1.807, 2.05) is 0 Å². The quantitative estimate of drug-likeness (QED) is 0.822. The molecule has 0 aromatic heterocycles. The highest BCUT2D eigenvalue weighted by atomic mass is 16.4. The van der Waals surface area contributed by atoms with Crippen molar-refractivity contribution in [3.8, 4) is 0 Å². The highest BCUT2D eigenvalue weighted by molar-refractivity contribution is 5.87. The fourth-order valence-electron chi connectivity index (χ4n) is 3.40. The van der Waals surface area contributed by atoms with Crippen molar-refractivity contribution in [1.82, 2.24) is 10.2 Å². The number of rotatable bonds is 3. The van der Waals surface area contributed by atoms with Crippen molar-refractivity contribution in [2.45, 2.75) is 58.0 Å². The molecule has 5 nitrogen and oxygen atoms in total. The van der Waals surface area contributed by atoms with Crippen molar-refractivity contribution in [3.05, 3.63) is 0 Å². The standard InChI is InChI=1S/C15H26N2O3/c1-3-11-5-7-17(13(9-11)15(19)20)14(18)12-8-10(2)4-6-16-12/h10-13,16H,3-9H2,1-2H3,(H,19,20). The number of nitrogens with zero attached hydrogens (tertiary/aromatic N) is 1. The van der Waals surface area contributed by atoms with Gasteiger partial charge in [-0.15, -0.1) is 0 Å². The summed E-state index contributed by atoms with van der Waals surface area (Å²) < 4.78 is 0. The summed E-state index contributed by atoms with van der Waals surface area (Å²) in [5.41, 5.74) is 0. The van der Waals surface area contributed by atoms with Gasteiger partial charge in [0.05, 0.1) is 6.04 Å². The van der Waals surface area contributed by atoms with E-state index in [0.717, 1.165) is 32.2 Å². The molecule has 20 heavy (non-hydrogen) atoms. The van der Waals surface area contributed by atoms with Gasteiger partial charge in [-0.25, -0.2) is 4.79 Å². The van der Waals surface area contributed by atoms with Crippen LogP contribution in [0.5, 0.6) is 0 Å². The SMILES string of the molecule is CCC1CCN(C(=O)C2CC(C)CCN2)C(C(=O)O)C1. The van der Waals surface area contributed by atoms with Crippen LogP contribution < -0.4 is 5.32 Å². The predicted molar refractivity (Wildman–Crippen MR) is 76.3 cm³/mol. The Balaban J connectivity index is 2.05. The smallest absolute Gasteiger partial charge is 0.326 e. The second kappa shape index (κ2) is 6.57. The molecule has 2 N–H and O–H groups in total. The van der Waals surface area contributed by atoms with E-state index in [-0.39, 0.29) is 11.9 Å². The van der Waals surface area contributed by atoms with Crippen molar-refractivity contribution < 1.29 is 14.7 Å². The monoisotopic (exact) mass is 282 g/mol. The molecule has 0 saturated carbocycles. The summed E-state index contributed by atoms with van der Waals surface area (Å²) in [6.07, 6.45) is 4.42. The van der Waals surface area contributed by atoms with Crippen LogP contribution in [0.1, 0.15) is 46.0 Å². The molecule has 2 rings (SSSR count). The molecule has 1 amide bonds. The number of hydrogen-bond acceptors (Lipinski definition) is 3. The molecule has 4 unspecified atom stereocenters. The molecule has 0 radical (unpaired) electrons. The lowest BCUT2D eigenvalue weighted by atomic mass is 9.87. The minimum absolute atomic E-state index is 0.0153. The van der Waals surface area contributed by atoms with Crippen LogP contribution in [0.15, 0.2) is 0 Å². The molecule has 2 fully saturated rings. The van der Waals surface area contributed by atoms with E-state index in [4.69, 9.17) is 0 Å². The van der Waals surface area contributed by atoms with Gasteiger partial charge in [-0.1, -0.05) is 20.3 Å². The number of carboxylic acids is 1. The second-order valence-corrected chi connectivity index (χ2v) is 6.32. The minimum Gasteiger partial charge on any atom is -0.480 e. The minimum atomic E-state index is -0.861. The Morgan fingerprint density at radius 3 is 2.65 bits per heavy atom. The zero-order chi connectivity index (χ0) is 14.7. The van der Waals surface area contributed by atoms with E-state index >= 15 is 0 Å². The first-order chi connectivity index (χ1) is 9.52. The molecule has 0 aromatic carbocycles. The van der Waals surface area contributed by atoms with Crippen LogP contribution in [0.25, 0.3) is 0 Å². The lowest BCUT2D eigenvalue weighted by Gasteiger charge is -2.40. The maximum absolute atomic E-state index is 12.6. The van der Waals surface area contributed by atoms with Gasteiger partial charge < -0.3 is 15.3 Å². The van der Waals surface area contributed by atoms with E-state index in [1.54, 1.807) is 4.90 Å². The third-order valence-electron chi connectivity index (χ3n) is 4.82. The van der Waals surface area contributed by atoms with E-state index < -0.39 is 12.0 Å². The summed E-state index contributed by atoms with van der Waals surface area (Å²) in [5, 5.41) is 12.7. The topological polar surface area (TPSA) is 69.6 Å². The molecule has 0 bridgehead atoms. The number of carbonyl (C=O) groups excluding carboxylic acids is 1. The molecule has 2 aliphatic rings. The predicted octanol–water partition coefficient (Wildman–Crippen LogP) is 1.48. The summed E-state index contributed by atoms with van der Waals surface area (Å²) in [6.45, 7) is 5.67. The average molecular weight is 282 g/mol. The number of likely N-dealkylation sites (tertiary alicyclic amines) is 1. The number of carboxylic acid groups (broad SMARTS) is 1. The Kier molecular flexibility index (Phi) is 5.02. The van der Waals surface area contributed by atoms with Crippen LogP contribution in [0.2, 0.25) is 0 Å². The maximum atomic E-state index is 12.6. The number of amides is 1.